The number of nitrogens with two attached hydrogens (primary N) is 1. The molecule has 0 saturated heterocycles. The summed E-state index contributed by atoms with van der Waals surface area (Å²) < 4.78 is 5.30. The number of amides is 4. The van der Waals surface area contributed by atoms with Crippen molar-refractivity contribution in [2.75, 3.05) is 18.5 Å². The monoisotopic (exact) mass is 572 g/mol. The standard InChI is InChI=1S/C29H37ClN4O6/c1-6-19-10-8-11-20(17-19)25(26(37)33-24-18(2)9-7-12-21(24)30)34(15-16-35)27(38)22(13-14-23(31)36)32-28(39)40-29(3,4)5/h6-12,17,22,25,35H,1,13-16H2,2-5H3,(H2,31,36)(H,32,39)(H,33,37). The van der Waals surface area contributed by atoms with E-state index in [1.807, 2.05) is 0 Å². The van der Waals surface area contributed by atoms with Gasteiger partial charge in [-0.05, 0) is 62.9 Å². The number of primary amides is 1. The molecule has 11 heteroatoms. The second-order valence-electron chi connectivity index (χ2n) is 10.2. The molecule has 2 aromatic carbocycles. The van der Waals surface area contributed by atoms with Crippen LogP contribution in [0.2, 0.25) is 5.02 Å². The number of aryl methyl sites for hydroxylation is 1. The Morgan fingerprint density at radius 3 is 2.42 bits per heavy atom. The largest absolute Gasteiger partial charge is 0.444 e. The van der Waals surface area contributed by atoms with Gasteiger partial charge >= 0.3 is 6.09 Å². The minimum absolute atomic E-state index is 0.153. The third kappa shape index (κ3) is 9.39. The van der Waals surface area contributed by atoms with Crippen LogP contribution in [-0.2, 0) is 19.1 Å². The van der Waals surface area contributed by atoms with E-state index in [9.17, 15) is 24.3 Å². The Labute approximate surface area is 239 Å². The fourth-order valence-electron chi connectivity index (χ4n) is 3.98. The second kappa shape index (κ2) is 14.5. The first-order valence-corrected chi connectivity index (χ1v) is 13.1. The summed E-state index contributed by atoms with van der Waals surface area (Å²) in [7, 11) is 0. The molecule has 2 unspecified atom stereocenters. The minimum Gasteiger partial charge on any atom is -0.444 e. The van der Waals surface area contributed by atoms with Crippen LogP contribution in [-0.4, -0.2) is 58.6 Å². The number of nitrogens with one attached hydrogen (secondary N) is 2. The van der Waals surface area contributed by atoms with Gasteiger partial charge in [-0.1, -0.05) is 54.6 Å². The summed E-state index contributed by atoms with van der Waals surface area (Å²) in [5, 5.41) is 15.5. The van der Waals surface area contributed by atoms with Crippen molar-refractivity contribution in [3.63, 3.8) is 0 Å². The summed E-state index contributed by atoms with van der Waals surface area (Å²) in [5.41, 5.74) is 6.65. The van der Waals surface area contributed by atoms with Gasteiger partial charge in [0.2, 0.25) is 11.8 Å². The van der Waals surface area contributed by atoms with Crippen molar-refractivity contribution in [3.05, 3.63) is 70.8 Å². The Morgan fingerprint density at radius 2 is 1.85 bits per heavy atom. The van der Waals surface area contributed by atoms with Crippen molar-refractivity contribution in [1.29, 1.82) is 0 Å². The van der Waals surface area contributed by atoms with Gasteiger partial charge in [0.05, 0.1) is 17.3 Å². The van der Waals surface area contributed by atoms with E-state index in [-0.39, 0.29) is 19.4 Å². The van der Waals surface area contributed by atoms with Crippen LogP contribution in [0.3, 0.4) is 0 Å². The molecule has 2 rings (SSSR count). The maximum atomic E-state index is 14.0. The fraction of sp³-hybridized carbons (Fsp3) is 0.379. The number of carbonyl (C=O) groups excluding carboxylic acids is 4. The number of hydrogen-bond donors (Lipinski definition) is 4. The van der Waals surface area contributed by atoms with Crippen molar-refractivity contribution >= 4 is 47.2 Å². The molecule has 40 heavy (non-hydrogen) atoms. The molecule has 216 valence electrons. The van der Waals surface area contributed by atoms with Crippen LogP contribution in [0.1, 0.15) is 56.3 Å². The highest BCUT2D eigenvalue weighted by molar-refractivity contribution is 6.34. The Hall–Kier alpha value is -3.89. The molecule has 0 fully saturated rings. The molecule has 0 aliphatic rings. The van der Waals surface area contributed by atoms with Crippen LogP contribution in [0.4, 0.5) is 10.5 Å². The summed E-state index contributed by atoms with van der Waals surface area (Å²) >= 11 is 6.35. The lowest BCUT2D eigenvalue weighted by molar-refractivity contribution is -0.141. The van der Waals surface area contributed by atoms with Crippen LogP contribution >= 0.6 is 11.6 Å². The number of aliphatic hydroxyl groups excluding tert-OH is 1. The van der Waals surface area contributed by atoms with E-state index in [4.69, 9.17) is 22.1 Å². The van der Waals surface area contributed by atoms with Gasteiger partial charge in [-0.25, -0.2) is 4.79 Å². The number of para-hydroxylation sites is 1. The van der Waals surface area contributed by atoms with E-state index in [1.54, 1.807) is 76.2 Å². The second-order valence-corrected chi connectivity index (χ2v) is 10.6. The van der Waals surface area contributed by atoms with Gasteiger partial charge in [-0.15, -0.1) is 0 Å². The predicted octanol–water partition coefficient (Wildman–Crippen LogP) is 3.95. The molecule has 10 nitrogen and oxygen atoms in total. The number of carbonyl (C=O) groups is 4. The van der Waals surface area contributed by atoms with Gasteiger partial charge < -0.3 is 31.1 Å². The Bertz CT molecular complexity index is 1220. The number of hydrogen-bond acceptors (Lipinski definition) is 6. The lowest BCUT2D eigenvalue weighted by Crippen LogP contribution is -2.53. The van der Waals surface area contributed by atoms with E-state index in [2.05, 4.69) is 17.2 Å². The van der Waals surface area contributed by atoms with E-state index >= 15 is 0 Å². The molecule has 0 aliphatic carbocycles. The fourth-order valence-corrected chi connectivity index (χ4v) is 4.25. The van der Waals surface area contributed by atoms with Gasteiger partial charge in [-0.3, -0.25) is 14.4 Å². The average Bonchev–Trinajstić information content (AvgIpc) is 2.87. The Kier molecular flexibility index (Phi) is 11.7. The molecule has 0 spiro atoms. The maximum absolute atomic E-state index is 14.0. The van der Waals surface area contributed by atoms with Crippen LogP contribution in [0.25, 0.3) is 6.08 Å². The summed E-state index contributed by atoms with van der Waals surface area (Å²) in [5.74, 6) is -2.01. The van der Waals surface area contributed by atoms with Gasteiger partial charge in [0, 0.05) is 13.0 Å². The van der Waals surface area contributed by atoms with Gasteiger partial charge in [0.15, 0.2) is 0 Å². The van der Waals surface area contributed by atoms with Crippen LogP contribution in [0.15, 0.2) is 49.0 Å². The third-order valence-corrected chi connectivity index (χ3v) is 6.10. The predicted molar refractivity (Wildman–Crippen MR) is 154 cm³/mol. The third-order valence-electron chi connectivity index (χ3n) is 5.78. The first-order chi connectivity index (χ1) is 18.8. The first-order valence-electron chi connectivity index (χ1n) is 12.7. The van der Waals surface area contributed by atoms with Crippen LogP contribution < -0.4 is 16.4 Å². The maximum Gasteiger partial charge on any atom is 0.408 e. The lowest BCUT2D eigenvalue weighted by Gasteiger charge is -2.34. The van der Waals surface area contributed by atoms with E-state index in [1.165, 1.54) is 0 Å². The molecular weight excluding hydrogens is 536 g/mol. The molecule has 4 amide bonds. The molecular formula is C29H37ClN4O6. The van der Waals surface area contributed by atoms with Crippen LogP contribution in [0, 0.1) is 6.92 Å². The van der Waals surface area contributed by atoms with Gasteiger partial charge in [-0.2, -0.15) is 0 Å². The highest BCUT2D eigenvalue weighted by Gasteiger charge is 2.36. The Morgan fingerprint density at radius 1 is 1.18 bits per heavy atom. The van der Waals surface area contributed by atoms with Crippen molar-refractivity contribution < 1.29 is 29.0 Å². The number of anilines is 1. The van der Waals surface area contributed by atoms with Crippen molar-refractivity contribution in [2.45, 2.75) is 58.2 Å². The lowest BCUT2D eigenvalue weighted by atomic mass is 9.99. The number of rotatable bonds is 12. The van der Waals surface area contributed by atoms with Crippen molar-refractivity contribution in [3.8, 4) is 0 Å². The summed E-state index contributed by atoms with van der Waals surface area (Å²) in [6.07, 6.45) is 0.329. The molecule has 0 bridgehead atoms. The Balaban J connectivity index is 2.58. The van der Waals surface area contributed by atoms with E-state index in [0.717, 1.165) is 4.90 Å². The molecule has 2 aromatic rings. The average molecular weight is 573 g/mol. The smallest absolute Gasteiger partial charge is 0.408 e. The molecule has 2 atom stereocenters. The molecule has 0 saturated carbocycles. The van der Waals surface area contributed by atoms with Crippen LogP contribution in [0.5, 0.6) is 0 Å². The topological polar surface area (TPSA) is 151 Å². The van der Waals surface area contributed by atoms with Gasteiger partial charge in [0.25, 0.3) is 5.91 Å². The zero-order chi connectivity index (χ0) is 30.0. The number of aliphatic hydroxyl groups is 1. The summed E-state index contributed by atoms with van der Waals surface area (Å²) in [6, 6.07) is 9.43. The number of benzene rings is 2. The summed E-state index contributed by atoms with van der Waals surface area (Å²) in [6.45, 7) is 9.77. The SMILES string of the molecule is C=Cc1cccc(C(C(=O)Nc2c(C)cccc2Cl)N(CCO)C(=O)C(CCC(N)=O)NC(=O)OC(C)(C)C)c1. The van der Waals surface area contributed by atoms with Crippen molar-refractivity contribution in [1.82, 2.24) is 10.2 Å². The summed E-state index contributed by atoms with van der Waals surface area (Å²) in [4.78, 5) is 53.2. The van der Waals surface area contributed by atoms with Gasteiger partial charge in [0.1, 0.15) is 17.7 Å². The zero-order valence-corrected chi connectivity index (χ0v) is 24.0. The number of halogens is 1. The molecule has 0 aliphatic heterocycles. The highest BCUT2D eigenvalue weighted by atomic mass is 35.5. The minimum atomic E-state index is -1.28. The van der Waals surface area contributed by atoms with E-state index in [0.29, 0.717) is 27.4 Å². The van der Waals surface area contributed by atoms with E-state index < -0.39 is 48.1 Å². The number of nitrogens with zero attached hydrogens (tertiary/aromatic N) is 1. The molecule has 0 radical (unpaired) electrons. The molecule has 5 N–H and O–H groups in total. The first kappa shape index (κ1) is 32.3. The quantitative estimate of drug-likeness (QED) is 0.302. The molecule has 0 heterocycles. The normalized spacial score (nSPS) is 12.6. The highest BCUT2D eigenvalue weighted by Crippen LogP contribution is 2.30. The van der Waals surface area contributed by atoms with Crippen molar-refractivity contribution in [2.24, 2.45) is 5.73 Å². The zero-order valence-electron chi connectivity index (χ0n) is 23.2. The number of alkyl carbamates (subject to hydrolysis) is 1. The number of ether oxygens (including phenoxy) is 1. The molecule has 0 aromatic heterocycles.